The van der Waals surface area contributed by atoms with Gasteiger partial charge in [0.05, 0.1) is 10.4 Å². The van der Waals surface area contributed by atoms with Crippen molar-refractivity contribution in [3.8, 4) is 16.9 Å². The molecule has 0 fully saturated rings. The Morgan fingerprint density at radius 3 is 2.68 bits per heavy atom. The summed E-state index contributed by atoms with van der Waals surface area (Å²) < 4.78 is 25.5. The summed E-state index contributed by atoms with van der Waals surface area (Å²) in [5.41, 5.74) is 8.20. The van der Waals surface area contributed by atoms with E-state index in [0.717, 1.165) is 11.1 Å². The minimum absolute atomic E-state index is 0.111. The first-order valence-corrected chi connectivity index (χ1v) is 8.94. The fraction of sp³-hybridized carbons (Fsp3) is 0.105. The van der Waals surface area contributed by atoms with Gasteiger partial charge in [0.15, 0.2) is 11.4 Å². The molecule has 1 atom stereocenters. The highest BCUT2D eigenvalue weighted by atomic mass is 35.5. The van der Waals surface area contributed by atoms with Crippen molar-refractivity contribution in [1.82, 2.24) is 15.0 Å². The number of nitrogen functional groups attached to an aromatic ring is 1. The number of hydrogen-bond donors (Lipinski definition) is 1. The molecule has 4 aromatic rings. The van der Waals surface area contributed by atoms with E-state index in [2.05, 4.69) is 15.0 Å². The summed E-state index contributed by atoms with van der Waals surface area (Å²) in [6.45, 7) is 1.68. The van der Waals surface area contributed by atoms with E-state index in [1.54, 1.807) is 31.8 Å². The van der Waals surface area contributed by atoms with Crippen LogP contribution in [0.25, 0.3) is 22.1 Å². The number of pyridine rings is 1. The second-order valence-corrected chi connectivity index (χ2v) is 6.79. The summed E-state index contributed by atoms with van der Waals surface area (Å²) >= 11 is 12.3. The largest absolute Gasteiger partial charge is 0.478 e. The summed E-state index contributed by atoms with van der Waals surface area (Å²) in [5.74, 6) is -0.261. The number of nitrogens with zero attached hydrogens (tertiary/aromatic N) is 3. The highest BCUT2D eigenvalue weighted by Gasteiger charge is 2.23. The smallest absolute Gasteiger partial charge is 0.205 e. The Labute approximate surface area is 169 Å². The molecule has 4 rings (SSSR count). The highest BCUT2D eigenvalue weighted by Crippen LogP contribution is 2.41. The van der Waals surface area contributed by atoms with Crippen molar-refractivity contribution in [2.75, 3.05) is 5.73 Å². The molecule has 0 spiro atoms. The lowest BCUT2D eigenvalue weighted by Gasteiger charge is -2.18. The predicted molar refractivity (Wildman–Crippen MR) is 105 cm³/mol. The zero-order valence-electron chi connectivity index (χ0n) is 14.5. The number of rotatable bonds is 4. The lowest BCUT2D eigenvalue weighted by Crippen LogP contribution is -2.08. The Bertz CT molecular complexity index is 1170. The van der Waals surface area contributed by atoms with Crippen LogP contribution in [0.15, 0.2) is 47.7 Å². The van der Waals surface area contributed by atoms with Crippen molar-refractivity contribution in [1.29, 1.82) is 0 Å². The minimum Gasteiger partial charge on any atom is -0.478 e. The summed E-state index contributed by atoms with van der Waals surface area (Å²) in [6.07, 6.45) is 7.16. The fourth-order valence-corrected chi connectivity index (χ4v) is 3.58. The van der Waals surface area contributed by atoms with Crippen LogP contribution in [-0.2, 0) is 0 Å². The maximum Gasteiger partial charge on any atom is 0.205 e. The molecule has 142 valence electrons. The van der Waals surface area contributed by atoms with Crippen LogP contribution >= 0.6 is 23.2 Å². The summed E-state index contributed by atoms with van der Waals surface area (Å²) in [7, 11) is 0. The minimum atomic E-state index is -0.709. The average Bonchev–Trinajstić information content (AvgIpc) is 3.12. The maximum atomic E-state index is 13.9. The second kappa shape index (κ2) is 7.26. The molecule has 0 saturated heterocycles. The van der Waals surface area contributed by atoms with E-state index in [0.29, 0.717) is 16.5 Å². The number of benzene rings is 1. The van der Waals surface area contributed by atoms with E-state index in [4.69, 9.17) is 38.1 Å². The average molecular weight is 419 g/mol. The highest BCUT2D eigenvalue weighted by molar-refractivity contribution is 6.36. The van der Waals surface area contributed by atoms with Gasteiger partial charge in [0.25, 0.3) is 0 Å². The van der Waals surface area contributed by atoms with Crippen LogP contribution in [-0.4, -0.2) is 15.0 Å². The van der Waals surface area contributed by atoms with Gasteiger partial charge >= 0.3 is 0 Å². The van der Waals surface area contributed by atoms with Crippen molar-refractivity contribution in [3.05, 3.63) is 64.7 Å². The Kier molecular flexibility index (Phi) is 4.78. The van der Waals surface area contributed by atoms with E-state index in [1.807, 2.05) is 0 Å². The van der Waals surface area contributed by atoms with Crippen LogP contribution in [0.4, 0.5) is 10.2 Å². The zero-order valence-corrected chi connectivity index (χ0v) is 16.0. The molecule has 6 nitrogen and oxygen atoms in total. The third-order valence-electron chi connectivity index (χ3n) is 4.25. The predicted octanol–water partition coefficient (Wildman–Crippen LogP) is 5.45. The molecule has 0 aliphatic carbocycles. The van der Waals surface area contributed by atoms with Crippen LogP contribution in [0.3, 0.4) is 0 Å². The Hall–Kier alpha value is -2.90. The summed E-state index contributed by atoms with van der Waals surface area (Å²) in [4.78, 5) is 12.2. The number of nitrogens with two attached hydrogens (primary N) is 1. The lowest BCUT2D eigenvalue weighted by molar-refractivity contribution is 0.227. The lowest BCUT2D eigenvalue weighted by atomic mass is 10.1. The molecule has 3 aromatic heterocycles. The third-order valence-corrected chi connectivity index (χ3v) is 4.97. The first kappa shape index (κ1) is 18.5. The van der Waals surface area contributed by atoms with Gasteiger partial charge in [-0.15, -0.1) is 0 Å². The van der Waals surface area contributed by atoms with Gasteiger partial charge in [-0.3, -0.25) is 0 Å². The Morgan fingerprint density at radius 2 is 1.93 bits per heavy atom. The van der Waals surface area contributed by atoms with Crippen molar-refractivity contribution < 1.29 is 13.5 Å². The molecular weight excluding hydrogens is 406 g/mol. The summed E-state index contributed by atoms with van der Waals surface area (Å²) in [6, 6.07) is 2.61. The molecule has 0 amide bonds. The van der Waals surface area contributed by atoms with Gasteiger partial charge in [-0.05, 0) is 19.1 Å². The summed E-state index contributed by atoms with van der Waals surface area (Å²) in [5, 5.41) is 0.835. The number of ether oxygens (including phenoxy) is 1. The van der Waals surface area contributed by atoms with Crippen molar-refractivity contribution in [2.45, 2.75) is 13.0 Å². The number of fused-ring (bicyclic) bond motifs is 1. The van der Waals surface area contributed by atoms with Crippen LogP contribution < -0.4 is 10.5 Å². The molecule has 0 aliphatic rings. The molecule has 9 heteroatoms. The molecule has 3 heterocycles. The van der Waals surface area contributed by atoms with Gasteiger partial charge in [-0.1, -0.05) is 23.2 Å². The van der Waals surface area contributed by atoms with E-state index >= 15 is 0 Å². The van der Waals surface area contributed by atoms with E-state index in [1.165, 1.54) is 18.5 Å². The van der Waals surface area contributed by atoms with E-state index in [9.17, 15) is 4.39 Å². The number of aromatic nitrogens is 3. The van der Waals surface area contributed by atoms with Crippen molar-refractivity contribution in [3.63, 3.8) is 0 Å². The molecule has 0 saturated carbocycles. The molecule has 1 unspecified atom stereocenters. The second-order valence-electron chi connectivity index (χ2n) is 6.01. The Morgan fingerprint density at radius 1 is 1.18 bits per heavy atom. The van der Waals surface area contributed by atoms with Crippen LogP contribution in [0, 0.1) is 5.82 Å². The van der Waals surface area contributed by atoms with Gasteiger partial charge in [-0.25, -0.2) is 19.3 Å². The monoisotopic (exact) mass is 418 g/mol. The van der Waals surface area contributed by atoms with Gasteiger partial charge in [-0.2, -0.15) is 0 Å². The van der Waals surface area contributed by atoms with E-state index in [-0.39, 0.29) is 21.6 Å². The Balaban J connectivity index is 1.79. The molecule has 1 aromatic carbocycles. The van der Waals surface area contributed by atoms with E-state index < -0.39 is 11.9 Å². The van der Waals surface area contributed by atoms with Gasteiger partial charge < -0.3 is 14.9 Å². The molecule has 0 radical (unpaired) electrons. The zero-order chi connectivity index (χ0) is 19.8. The van der Waals surface area contributed by atoms with Crippen LogP contribution in [0.5, 0.6) is 5.75 Å². The topological polar surface area (TPSA) is 87.1 Å². The molecule has 2 N–H and O–H groups in total. The number of anilines is 1. The number of furan rings is 1. The van der Waals surface area contributed by atoms with Gasteiger partial charge in [0, 0.05) is 40.3 Å². The van der Waals surface area contributed by atoms with Crippen molar-refractivity contribution >= 4 is 40.0 Å². The van der Waals surface area contributed by atoms with Gasteiger partial charge in [0.2, 0.25) is 5.75 Å². The standard InChI is InChI=1S/C19H13Cl2FN4O2/c1-9(15-13(20)2-3-14(22)16(15)21)28-18-17-11(6-26-19(18)23)12(7-27-17)10-4-24-8-25-5-10/h2-9H,1H3,(H2,23,26). The first-order chi connectivity index (χ1) is 13.5. The third kappa shape index (κ3) is 3.12. The van der Waals surface area contributed by atoms with Gasteiger partial charge in [0.1, 0.15) is 24.5 Å². The fourth-order valence-electron chi connectivity index (χ4n) is 2.91. The SMILES string of the molecule is CC(Oc1c(N)ncc2c(-c3cncnc3)coc12)c1c(Cl)ccc(F)c1Cl. The molecular formula is C19H13Cl2FN4O2. The number of halogens is 3. The molecule has 0 bridgehead atoms. The maximum absolute atomic E-state index is 13.9. The normalized spacial score (nSPS) is 12.3. The van der Waals surface area contributed by atoms with Crippen LogP contribution in [0.2, 0.25) is 10.0 Å². The molecule has 0 aliphatic heterocycles. The number of hydrogen-bond acceptors (Lipinski definition) is 6. The quantitative estimate of drug-likeness (QED) is 0.443. The first-order valence-electron chi connectivity index (χ1n) is 8.18. The van der Waals surface area contributed by atoms with Crippen molar-refractivity contribution in [2.24, 2.45) is 0 Å². The van der Waals surface area contributed by atoms with Crippen LogP contribution in [0.1, 0.15) is 18.6 Å². The molecule has 28 heavy (non-hydrogen) atoms.